The molecule has 2 heterocycles. The third kappa shape index (κ3) is 5.13. The van der Waals surface area contributed by atoms with Gasteiger partial charge in [0, 0.05) is 10.8 Å². The Bertz CT molecular complexity index is 1000. The van der Waals surface area contributed by atoms with Gasteiger partial charge in [-0.1, -0.05) is 76.2 Å². The molecule has 34 heavy (non-hydrogen) atoms. The first-order valence-electron chi connectivity index (χ1n) is 12.1. The van der Waals surface area contributed by atoms with Gasteiger partial charge in [0.15, 0.2) is 0 Å². The standard InChI is InChI=1S/C30H34O4/c1-29(2,23-9-13-25(14-10-23)31-17-27-19-33-27)21-5-7-22(8-6-21)30(3,4)24-11-15-26(16-12-24)32-18-28-20-34-28/h5-16,27-28H,17-20H2,1-4H3. The lowest BCUT2D eigenvalue weighted by atomic mass is 9.74. The van der Waals surface area contributed by atoms with Gasteiger partial charge in [-0.2, -0.15) is 0 Å². The minimum absolute atomic E-state index is 0.106. The van der Waals surface area contributed by atoms with Gasteiger partial charge in [0.2, 0.25) is 0 Å². The summed E-state index contributed by atoms with van der Waals surface area (Å²) in [4.78, 5) is 0. The van der Waals surface area contributed by atoms with Crippen LogP contribution in [0.3, 0.4) is 0 Å². The molecule has 5 rings (SSSR count). The predicted molar refractivity (Wildman–Crippen MR) is 134 cm³/mol. The number of benzene rings is 3. The highest BCUT2D eigenvalue weighted by Gasteiger charge is 2.27. The highest BCUT2D eigenvalue weighted by atomic mass is 16.6. The Kier molecular flexibility index (Phi) is 6.13. The summed E-state index contributed by atoms with van der Waals surface area (Å²) in [6, 6.07) is 25.9. The fourth-order valence-corrected chi connectivity index (χ4v) is 4.28. The van der Waals surface area contributed by atoms with Gasteiger partial charge >= 0.3 is 0 Å². The molecule has 2 aliphatic heterocycles. The Balaban J connectivity index is 1.27. The van der Waals surface area contributed by atoms with E-state index in [9.17, 15) is 0 Å². The molecule has 0 N–H and O–H groups in total. The van der Waals surface area contributed by atoms with Gasteiger partial charge in [-0.25, -0.2) is 0 Å². The SMILES string of the molecule is CC(C)(c1ccc(OCC2CO2)cc1)c1ccc(C(C)(C)c2ccc(OCC3CO3)cc2)cc1. The first kappa shape index (κ1) is 22.9. The molecule has 0 aliphatic carbocycles. The minimum Gasteiger partial charge on any atom is -0.491 e. The summed E-state index contributed by atoms with van der Waals surface area (Å²) < 4.78 is 22.0. The third-order valence-electron chi connectivity index (χ3n) is 7.16. The predicted octanol–water partition coefficient (Wildman–Crippen LogP) is 5.89. The summed E-state index contributed by atoms with van der Waals surface area (Å²) in [5.41, 5.74) is 4.90. The van der Waals surface area contributed by atoms with Crippen molar-refractivity contribution >= 4 is 0 Å². The zero-order valence-corrected chi connectivity index (χ0v) is 20.5. The molecule has 2 unspecified atom stereocenters. The van der Waals surface area contributed by atoms with E-state index in [4.69, 9.17) is 18.9 Å². The summed E-state index contributed by atoms with van der Waals surface area (Å²) in [5, 5.41) is 0. The molecule has 2 saturated heterocycles. The normalized spacial score (nSPS) is 19.5. The molecule has 0 saturated carbocycles. The molecule has 3 aromatic rings. The lowest BCUT2D eigenvalue weighted by Crippen LogP contribution is -2.21. The van der Waals surface area contributed by atoms with Crippen LogP contribution in [0.25, 0.3) is 0 Å². The van der Waals surface area contributed by atoms with Crippen LogP contribution in [0.5, 0.6) is 11.5 Å². The van der Waals surface area contributed by atoms with E-state index in [2.05, 4.69) is 100 Å². The van der Waals surface area contributed by atoms with Crippen molar-refractivity contribution in [2.24, 2.45) is 0 Å². The van der Waals surface area contributed by atoms with Crippen LogP contribution in [-0.4, -0.2) is 38.6 Å². The number of hydrogen-bond acceptors (Lipinski definition) is 4. The fourth-order valence-electron chi connectivity index (χ4n) is 4.28. The van der Waals surface area contributed by atoms with Crippen molar-refractivity contribution in [1.29, 1.82) is 0 Å². The Morgan fingerprint density at radius 3 is 1.09 bits per heavy atom. The van der Waals surface area contributed by atoms with Crippen molar-refractivity contribution in [2.75, 3.05) is 26.4 Å². The van der Waals surface area contributed by atoms with Gasteiger partial charge in [0.1, 0.15) is 36.9 Å². The van der Waals surface area contributed by atoms with E-state index in [0.29, 0.717) is 13.2 Å². The van der Waals surface area contributed by atoms with Gasteiger partial charge in [-0.05, 0) is 46.5 Å². The van der Waals surface area contributed by atoms with E-state index in [1.165, 1.54) is 22.3 Å². The van der Waals surface area contributed by atoms with Crippen molar-refractivity contribution in [1.82, 2.24) is 0 Å². The van der Waals surface area contributed by atoms with E-state index in [0.717, 1.165) is 24.7 Å². The van der Waals surface area contributed by atoms with Crippen molar-refractivity contribution in [2.45, 2.75) is 50.7 Å². The Morgan fingerprint density at radius 1 is 0.559 bits per heavy atom. The number of rotatable bonds is 10. The van der Waals surface area contributed by atoms with Gasteiger partial charge < -0.3 is 18.9 Å². The Hall–Kier alpha value is -2.82. The second kappa shape index (κ2) is 9.09. The van der Waals surface area contributed by atoms with Crippen LogP contribution in [0.4, 0.5) is 0 Å². The van der Waals surface area contributed by atoms with Gasteiger partial charge in [0.25, 0.3) is 0 Å². The average Bonchev–Trinajstić information content (AvgIpc) is 3.77. The third-order valence-corrected chi connectivity index (χ3v) is 7.16. The van der Waals surface area contributed by atoms with Crippen LogP contribution in [0.15, 0.2) is 72.8 Å². The molecule has 3 aromatic carbocycles. The summed E-state index contributed by atoms with van der Waals surface area (Å²) in [5.74, 6) is 1.79. The molecule has 0 spiro atoms. The lowest BCUT2D eigenvalue weighted by Gasteiger charge is -2.29. The fraction of sp³-hybridized carbons (Fsp3) is 0.400. The topological polar surface area (TPSA) is 43.5 Å². The van der Waals surface area contributed by atoms with E-state index in [1.807, 2.05) is 0 Å². The molecule has 178 valence electrons. The smallest absolute Gasteiger partial charge is 0.119 e. The molecular formula is C30H34O4. The van der Waals surface area contributed by atoms with E-state index in [1.54, 1.807) is 0 Å². The van der Waals surface area contributed by atoms with Gasteiger partial charge in [-0.3, -0.25) is 0 Å². The quantitative estimate of drug-likeness (QED) is 0.355. The van der Waals surface area contributed by atoms with Crippen molar-refractivity contribution in [3.05, 3.63) is 95.1 Å². The van der Waals surface area contributed by atoms with Crippen LogP contribution in [0, 0.1) is 0 Å². The maximum Gasteiger partial charge on any atom is 0.119 e. The number of epoxide rings is 2. The Morgan fingerprint density at radius 2 is 0.824 bits per heavy atom. The average molecular weight is 459 g/mol. The number of hydrogen-bond donors (Lipinski definition) is 0. The van der Waals surface area contributed by atoms with Gasteiger partial charge in [0.05, 0.1) is 13.2 Å². The molecular weight excluding hydrogens is 424 g/mol. The van der Waals surface area contributed by atoms with E-state index >= 15 is 0 Å². The molecule has 0 aromatic heterocycles. The zero-order chi connectivity index (χ0) is 23.8. The maximum absolute atomic E-state index is 5.79. The molecule has 4 heteroatoms. The molecule has 0 radical (unpaired) electrons. The Labute approximate surface area is 202 Å². The summed E-state index contributed by atoms with van der Waals surface area (Å²) >= 11 is 0. The molecule has 2 fully saturated rings. The summed E-state index contributed by atoms with van der Waals surface area (Å²) in [6.45, 7) is 12.0. The zero-order valence-electron chi connectivity index (χ0n) is 20.5. The molecule has 4 nitrogen and oxygen atoms in total. The molecule has 2 atom stereocenters. The van der Waals surface area contributed by atoms with Crippen LogP contribution < -0.4 is 9.47 Å². The monoisotopic (exact) mass is 458 g/mol. The van der Waals surface area contributed by atoms with E-state index < -0.39 is 0 Å². The van der Waals surface area contributed by atoms with Crippen molar-refractivity contribution in [3.63, 3.8) is 0 Å². The van der Waals surface area contributed by atoms with Gasteiger partial charge in [-0.15, -0.1) is 0 Å². The minimum atomic E-state index is -0.106. The van der Waals surface area contributed by atoms with Crippen molar-refractivity contribution in [3.8, 4) is 11.5 Å². The highest BCUT2D eigenvalue weighted by molar-refractivity contribution is 5.45. The van der Waals surface area contributed by atoms with Crippen LogP contribution in [0.2, 0.25) is 0 Å². The summed E-state index contributed by atoms with van der Waals surface area (Å²) in [7, 11) is 0. The second-order valence-corrected chi connectivity index (χ2v) is 10.4. The van der Waals surface area contributed by atoms with E-state index in [-0.39, 0.29) is 23.0 Å². The number of ether oxygens (including phenoxy) is 4. The van der Waals surface area contributed by atoms with Crippen LogP contribution in [-0.2, 0) is 20.3 Å². The van der Waals surface area contributed by atoms with Crippen LogP contribution >= 0.6 is 0 Å². The highest BCUT2D eigenvalue weighted by Crippen LogP contribution is 2.36. The lowest BCUT2D eigenvalue weighted by molar-refractivity contribution is 0.263. The summed E-state index contributed by atoms with van der Waals surface area (Å²) in [6.07, 6.45) is 0.542. The molecule has 2 aliphatic rings. The van der Waals surface area contributed by atoms with Crippen LogP contribution in [0.1, 0.15) is 49.9 Å². The first-order chi connectivity index (χ1) is 16.3. The van der Waals surface area contributed by atoms with Crippen molar-refractivity contribution < 1.29 is 18.9 Å². The second-order valence-electron chi connectivity index (χ2n) is 10.4. The molecule has 0 amide bonds. The molecule has 0 bridgehead atoms. The first-order valence-corrected chi connectivity index (χ1v) is 12.1. The maximum atomic E-state index is 5.79. The largest absolute Gasteiger partial charge is 0.491 e.